The molecule has 0 atom stereocenters. The summed E-state index contributed by atoms with van der Waals surface area (Å²) >= 11 is 1.24. The van der Waals surface area contributed by atoms with Crippen molar-refractivity contribution in [3.05, 3.63) is 11.6 Å². The van der Waals surface area contributed by atoms with E-state index >= 15 is 0 Å². The first-order valence-electron chi connectivity index (χ1n) is 6.75. The molecule has 2 heterocycles. The highest BCUT2D eigenvalue weighted by atomic mass is 32.1. The van der Waals surface area contributed by atoms with E-state index in [0.29, 0.717) is 31.0 Å². The van der Waals surface area contributed by atoms with Gasteiger partial charge < -0.3 is 9.52 Å². The first kappa shape index (κ1) is 15.6. The molecular formula is C13H18N4O3S. The lowest BCUT2D eigenvalue weighted by molar-refractivity contribution is -0.137. The quantitative estimate of drug-likeness (QED) is 0.818. The highest BCUT2D eigenvalue weighted by molar-refractivity contribution is 7.09. The standard InChI is InChI=1S/C13H18N4O3S/c1-13(2,3)11-10(21-17-15-11)12-16-14-8(20-12)6-4-5-7-9(18)19/h4-7H2,1-3H3,(H,18,19). The molecule has 2 rings (SSSR count). The predicted octanol–water partition coefficient (Wildman–Crippen LogP) is 2.68. The third-order valence-electron chi connectivity index (χ3n) is 2.89. The Morgan fingerprint density at radius 3 is 2.67 bits per heavy atom. The number of rotatable bonds is 6. The Morgan fingerprint density at radius 2 is 2.00 bits per heavy atom. The molecule has 0 saturated heterocycles. The van der Waals surface area contributed by atoms with Gasteiger partial charge in [-0.25, -0.2) is 0 Å². The molecule has 1 N–H and O–H groups in total. The highest BCUT2D eigenvalue weighted by Crippen LogP contribution is 2.33. The average Bonchev–Trinajstić information content (AvgIpc) is 3.01. The molecule has 0 unspecified atom stereocenters. The van der Waals surface area contributed by atoms with Crippen LogP contribution in [0.3, 0.4) is 0 Å². The second-order valence-corrected chi connectivity index (χ2v) is 6.56. The summed E-state index contributed by atoms with van der Waals surface area (Å²) in [4.78, 5) is 11.2. The van der Waals surface area contributed by atoms with Gasteiger partial charge in [0.05, 0.1) is 5.69 Å². The van der Waals surface area contributed by atoms with Crippen LogP contribution in [0.25, 0.3) is 10.8 Å². The molecule has 7 nitrogen and oxygen atoms in total. The molecular weight excluding hydrogens is 292 g/mol. The van der Waals surface area contributed by atoms with Crippen molar-refractivity contribution in [2.24, 2.45) is 0 Å². The van der Waals surface area contributed by atoms with Crippen LogP contribution in [0.4, 0.5) is 0 Å². The Morgan fingerprint density at radius 1 is 1.24 bits per heavy atom. The Kier molecular flexibility index (Phi) is 4.66. The largest absolute Gasteiger partial charge is 0.481 e. The first-order valence-corrected chi connectivity index (χ1v) is 7.52. The normalized spacial score (nSPS) is 11.8. The van der Waals surface area contributed by atoms with Crippen LogP contribution in [0.15, 0.2) is 4.42 Å². The van der Waals surface area contributed by atoms with Gasteiger partial charge in [0.15, 0.2) is 0 Å². The van der Waals surface area contributed by atoms with Gasteiger partial charge in [-0.15, -0.1) is 15.3 Å². The van der Waals surface area contributed by atoms with Crippen molar-refractivity contribution in [1.29, 1.82) is 0 Å². The molecule has 2 aromatic heterocycles. The third-order valence-corrected chi connectivity index (χ3v) is 3.60. The fourth-order valence-electron chi connectivity index (χ4n) is 1.82. The summed E-state index contributed by atoms with van der Waals surface area (Å²) in [6.07, 6.45) is 2.05. The molecule has 114 valence electrons. The second kappa shape index (κ2) is 6.30. The van der Waals surface area contributed by atoms with Crippen LogP contribution in [0.1, 0.15) is 51.6 Å². The SMILES string of the molecule is CC(C)(C)c1nnsc1-c1nnc(CCCCC(=O)O)o1. The van der Waals surface area contributed by atoms with E-state index in [-0.39, 0.29) is 11.8 Å². The van der Waals surface area contributed by atoms with E-state index < -0.39 is 5.97 Å². The van der Waals surface area contributed by atoms with Gasteiger partial charge >= 0.3 is 5.97 Å². The number of hydrogen-bond acceptors (Lipinski definition) is 7. The van der Waals surface area contributed by atoms with Crippen molar-refractivity contribution in [2.75, 3.05) is 0 Å². The maximum Gasteiger partial charge on any atom is 0.303 e. The monoisotopic (exact) mass is 310 g/mol. The molecule has 21 heavy (non-hydrogen) atoms. The van der Waals surface area contributed by atoms with Crippen LogP contribution >= 0.6 is 11.5 Å². The van der Waals surface area contributed by atoms with Crippen molar-refractivity contribution in [3.63, 3.8) is 0 Å². The second-order valence-electron chi connectivity index (χ2n) is 5.80. The van der Waals surface area contributed by atoms with Crippen LogP contribution in [0.2, 0.25) is 0 Å². The van der Waals surface area contributed by atoms with Crippen molar-refractivity contribution < 1.29 is 14.3 Å². The molecule has 0 spiro atoms. The maximum absolute atomic E-state index is 10.4. The molecule has 0 aromatic carbocycles. The van der Waals surface area contributed by atoms with Gasteiger partial charge in [-0.2, -0.15) is 0 Å². The fourth-order valence-corrected chi connectivity index (χ4v) is 2.62. The Balaban J connectivity index is 2.03. The van der Waals surface area contributed by atoms with Gasteiger partial charge in [0.25, 0.3) is 5.89 Å². The summed E-state index contributed by atoms with van der Waals surface area (Å²) in [5.41, 5.74) is 0.701. The van der Waals surface area contributed by atoms with E-state index in [4.69, 9.17) is 9.52 Å². The zero-order chi connectivity index (χ0) is 15.5. The van der Waals surface area contributed by atoms with E-state index in [0.717, 1.165) is 10.6 Å². The maximum atomic E-state index is 10.4. The van der Waals surface area contributed by atoms with Gasteiger partial charge in [-0.1, -0.05) is 25.3 Å². The summed E-state index contributed by atoms with van der Waals surface area (Å²) < 4.78 is 9.60. The number of aryl methyl sites for hydroxylation is 1. The Labute approximate surface area is 126 Å². The number of carbonyl (C=O) groups is 1. The third kappa shape index (κ3) is 4.07. The highest BCUT2D eigenvalue weighted by Gasteiger charge is 2.26. The minimum Gasteiger partial charge on any atom is -0.481 e. The number of nitrogens with zero attached hydrogens (tertiary/aromatic N) is 4. The minimum atomic E-state index is -0.785. The lowest BCUT2D eigenvalue weighted by atomic mass is 9.91. The number of carboxylic acids is 1. The molecule has 0 amide bonds. The van der Waals surface area contributed by atoms with Crippen LogP contribution in [-0.4, -0.2) is 30.9 Å². The van der Waals surface area contributed by atoms with E-state index in [9.17, 15) is 4.79 Å². The molecule has 2 aromatic rings. The van der Waals surface area contributed by atoms with Gasteiger partial charge in [-0.05, 0) is 24.4 Å². The average molecular weight is 310 g/mol. The number of aliphatic carboxylic acids is 1. The Bertz CT molecular complexity index is 615. The molecule has 0 aliphatic heterocycles. The minimum absolute atomic E-state index is 0.140. The molecule has 0 aliphatic carbocycles. The number of aromatic nitrogens is 4. The smallest absolute Gasteiger partial charge is 0.303 e. The van der Waals surface area contributed by atoms with E-state index in [2.05, 4.69) is 40.6 Å². The lowest BCUT2D eigenvalue weighted by Crippen LogP contribution is -2.13. The van der Waals surface area contributed by atoms with Gasteiger partial charge in [0.1, 0.15) is 4.88 Å². The first-order chi connectivity index (χ1) is 9.88. The molecule has 0 aliphatic rings. The fraction of sp³-hybridized carbons (Fsp3) is 0.615. The van der Waals surface area contributed by atoms with Gasteiger partial charge in [-0.3, -0.25) is 4.79 Å². The van der Waals surface area contributed by atoms with E-state index in [1.807, 2.05) is 0 Å². The molecule has 8 heteroatoms. The topological polar surface area (TPSA) is 102 Å². The van der Waals surface area contributed by atoms with Crippen molar-refractivity contribution in [3.8, 4) is 10.8 Å². The zero-order valence-corrected chi connectivity index (χ0v) is 13.1. The predicted molar refractivity (Wildman–Crippen MR) is 77.1 cm³/mol. The van der Waals surface area contributed by atoms with Crippen molar-refractivity contribution in [2.45, 2.75) is 51.9 Å². The van der Waals surface area contributed by atoms with Gasteiger partial charge in [0, 0.05) is 18.3 Å². The van der Waals surface area contributed by atoms with E-state index in [1.54, 1.807) is 0 Å². The summed E-state index contributed by atoms with van der Waals surface area (Å²) in [7, 11) is 0. The summed E-state index contributed by atoms with van der Waals surface area (Å²) in [6.45, 7) is 6.16. The van der Waals surface area contributed by atoms with Crippen LogP contribution in [0.5, 0.6) is 0 Å². The molecule has 0 radical (unpaired) electrons. The van der Waals surface area contributed by atoms with Crippen molar-refractivity contribution >= 4 is 17.5 Å². The molecule has 0 fully saturated rings. The molecule has 0 saturated carbocycles. The van der Waals surface area contributed by atoms with Crippen LogP contribution < -0.4 is 0 Å². The number of hydrogen-bond donors (Lipinski definition) is 1. The van der Waals surface area contributed by atoms with Crippen LogP contribution in [0, 0.1) is 0 Å². The summed E-state index contributed by atoms with van der Waals surface area (Å²) in [5.74, 6) is 0.165. The number of carboxylic acid groups (broad SMARTS) is 1. The van der Waals surface area contributed by atoms with Crippen molar-refractivity contribution in [1.82, 2.24) is 19.8 Å². The molecule has 0 bridgehead atoms. The summed E-state index contributed by atoms with van der Waals surface area (Å²) in [6, 6.07) is 0. The zero-order valence-electron chi connectivity index (χ0n) is 12.3. The lowest BCUT2D eigenvalue weighted by Gasteiger charge is -2.14. The number of unbranched alkanes of at least 4 members (excludes halogenated alkanes) is 1. The Hall–Kier alpha value is -1.83. The van der Waals surface area contributed by atoms with Gasteiger partial charge in [0.2, 0.25) is 5.89 Å². The summed E-state index contributed by atoms with van der Waals surface area (Å²) in [5, 5.41) is 20.8. The van der Waals surface area contributed by atoms with Crippen LogP contribution in [-0.2, 0) is 16.6 Å². The van der Waals surface area contributed by atoms with E-state index in [1.165, 1.54) is 11.5 Å².